The average Bonchev–Trinajstić information content (AvgIpc) is 2.03. The SMILES string of the molecule is CC(=O)OC1CCC[CH]([Hg][Br])C1. The summed E-state index contributed by atoms with van der Waals surface area (Å²) in [5.41, 5.74) is 0. The Kier molecular flexibility index (Phi) is 5.10. The molecule has 0 aromatic heterocycles. The number of ether oxygens (including phenoxy) is 1. The molecule has 0 saturated heterocycles. The topological polar surface area (TPSA) is 26.3 Å². The zero-order chi connectivity index (χ0) is 8.97. The summed E-state index contributed by atoms with van der Waals surface area (Å²) in [4.78, 5) is 10.7. The fourth-order valence-corrected chi connectivity index (χ4v) is 10.5. The number of hydrogen-bond donors (Lipinski definition) is 0. The fraction of sp³-hybridized carbons (Fsp3) is 0.875. The van der Waals surface area contributed by atoms with Crippen LogP contribution < -0.4 is 0 Å². The predicted octanol–water partition coefficient (Wildman–Crippen LogP) is 2.67. The maximum atomic E-state index is 10.7. The molecule has 1 aliphatic carbocycles. The molecule has 1 rings (SSSR count). The molecule has 66 valence electrons. The number of carbonyl (C=O) groups is 1. The number of esters is 1. The van der Waals surface area contributed by atoms with E-state index in [0.29, 0.717) is 0 Å². The molecule has 0 radical (unpaired) electrons. The van der Waals surface area contributed by atoms with Crippen molar-refractivity contribution in [1.82, 2.24) is 0 Å². The summed E-state index contributed by atoms with van der Waals surface area (Å²) in [6.07, 6.45) is 5.06. The number of hydrogen-bond acceptors (Lipinski definition) is 2. The van der Waals surface area contributed by atoms with Crippen molar-refractivity contribution in [3.8, 4) is 0 Å². The van der Waals surface area contributed by atoms with Crippen LogP contribution in [0.25, 0.3) is 0 Å². The van der Waals surface area contributed by atoms with Gasteiger partial charge in [0.1, 0.15) is 0 Å². The van der Waals surface area contributed by atoms with E-state index in [1.54, 1.807) is 0 Å². The Morgan fingerprint density at radius 2 is 2.33 bits per heavy atom. The van der Waals surface area contributed by atoms with Crippen LogP contribution in [0.15, 0.2) is 0 Å². The van der Waals surface area contributed by atoms with Gasteiger partial charge >= 0.3 is 91.7 Å². The van der Waals surface area contributed by atoms with E-state index in [-0.39, 0.29) is 12.1 Å². The molecule has 0 spiro atoms. The molecule has 2 nitrogen and oxygen atoms in total. The van der Waals surface area contributed by atoms with E-state index in [0.717, 1.165) is 16.3 Å². The van der Waals surface area contributed by atoms with Crippen molar-refractivity contribution in [2.45, 2.75) is 42.1 Å². The monoisotopic (exact) mass is 422 g/mol. The van der Waals surface area contributed by atoms with Gasteiger partial charge in [-0.05, 0) is 0 Å². The van der Waals surface area contributed by atoms with E-state index in [2.05, 4.69) is 11.9 Å². The zero-order valence-electron chi connectivity index (χ0n) is 7.38. The molecule has 0 aromatic carbocycles. The molecule has 1 fully saturated rings. The van der Waals surface area contributed by atoms with E-state index in [9.17, 15) is 4.79 Å². The van der Waals surface area contributed by atoms with Gasteiger partial charge in [0.25, 0.3) is 0 Å². The molecule has 1 aliphatic rings. The maximum absolute atomic E-state index is 10.7. The third-order valence-corrected chi connectivity index (χ3v) is 14.9. The van der Waals surface area contributed by atoms with Crippen LogP contribution in [0.5, 0.6) is 0 Å². The Bertz CT molecular complexity index is 163. The van der Waals surface area contributed by atoms with Gasteiger partial charge in [-0.15, -0.1) is 0 Å². The van der Waals surface area contributed by atoms with Crippen molar-refractivity contribution in [2.75, 3.05) is 0 Å². The molecular formula is C8H13BrHgO2. The predicted molar refractivity (Wildman–Crippen MR) is 46.7 cm³/mol. The van der Waals surface area contributed by atoms with Crippen molar-refractivity contribution in [1.29, 1.82) is 0 Å². The molecule has 2 unspecified atom stereocenters. The second-order valence-electron chi connectivity index (χ2n) is 3.42. The van der Waals surface area contributed by atoms with Crippen molar-refractivity contribution in [2.24, 2.45) is 0 Å². The molecule has 0 N–H and O–H groups in total. The zero-order valence-corrected chi connectivity index (χ0v) is 14.5. The Balaban J connectivity index is 2.30. The van der Waals surface area contributed by atoms with E-state index in [1.807, 2.05) is 0 Å². The summed E-state index contributed by atoms with van der Waals surface area (Å²) in [6, 6.07) is 0. The van der Waals surface area contributed by atoms with Crippen LogP contribution in [-0.2, 0) is 31.7 Å². The van der Waals surface area contributed by atoms with Gasteiger partial charge in [-0.25, -0.2) is 0 Å². The standard InChI is InChI=1S/C8H13O2.BrH.Hg/c1-7(9)10-8-5-3-2-4-6-8;;/h3,8H,2,4-6H2,1H3;1H;/q;;+1/p-1. The molecule has 0 heterocycles. The van der Waals surface area contributed by atoms with Crippen molar-refractivity contribution in [3.05, 3.63) is 0 Å². The number of halogens is 1. The number of carbonyl (C=O) groups excluding carboxylic acids is 1. The normalized spacial score (nSPS) is 29.2. The first-order valence-corrected chi connectivity index (χ1v) is 19.5. The van der Waals surface area contributed by atoms with Crippen LogP contribution in [0.4, 0.5) is 0 Å². The van der Waals surface area contributed by atoms with Gasteiger partial charge in [0, 0.05) is 0 Å². The third kappa shape index (κ3) is 3.73. The third-order valence-electron chi connectivity index (χ3n) is 2.29. The van der Waals surface area contributed by atoms with E-state index >= 15 is 0 Å². The van der Waals surface area contributed by atoms with Gasteiger partial charge in [0.05, 0.1) is 0 Å². The van der Waals surface area contributed by atoms with Crippen molar-refractivity contribution < 1.29 is 31.7 Å². The molecular weight excluding hydrogens is 409 g/mol. The van der Waals surface area contributed by atoms with Gasteiger partial charge in [-0.1, -0.05) is 0 Å². The molecule has 0 amide bonds. The van der Waals surface area contributed by atoms with Crippen LogP contribution in [0.2, 0.25) is 3.43 Å². The Morgan fingerprint density at radius 3 is 2.92 bits per heavy atom. The molecule has 2 atom stereocenters. The quantitative estimate of drug-likeness (QED) is 0.506. The first-order chi connectivity index (χ1) is 5.72. The van der Waals surface area contributed by atoms with Gasteiger partial charge in [-0.2, -0.15) is 0 Å². The molecule has 12 heavy (non-hydrogen) atoms. The summed E-state index contributed by atoms with van der Waals surface area (Å²) in [7, 11) is 0. The minimum absolute atomic E-state index is 0.119. The molecule has 1 saturated carbocycles. The van der Waals surface area contributed by atoms with Crippen molar-refractivity contribution >= 4 is 17.9 Å². The average molecular weight is 422 g/mol. The van der Waals surface area contributed by atoms with Crippen LogP contribution >= 0.6 is 11.9 Å². The second-order valence-corrected chi connectivity index (χ2v) is 14.8. The van der Waals surface area contributed by atoms with E-state index in [4.69, 9.17) is 4.74 Å². The second kappa shape index (κ2) is 5.58. The van der Waals surface area contributed by atoms with Gasteiger partial charge in [0.15, 0.2) is 0 Å². The van der Waals surface area contributed by atoms with Crippen LogP contribution in [0, 0.1) is 0 Å². The summed E-state index contributed by atoms with van der Waals surface area (Å²) in [5.74, 6) is -0.119. The first kappa shape index (κ1) is 11.0. The van der Waals surface area contributed by atoms with E-state index < -0.39 is 22.1 Å². The summed E-state index contributed by atoms with van der Waals surface area (Å²) >= 11 is 2.94. The molecule has 0 bridgehead atoms. The Hall–Kier alpha value is 0.885. The molecule has 0 aromatic rings. The Labute approximate surface area is 91.1 Å². The number of rotatable bonds is 2. The van der Waals surface area contributed by atoms with Crippen LogP contribution in [0.1, 0.15) is 32.6 Å². The van der Waals surface area contributed by atoms with Gasteiger partial charge in [-0.3, -0.25) is 0 Å². The van der Waals surface area contributed by atoms with Crippen LogP contribution in [0.3, 0.4) is 0 Å². The summed E-state index contributed by atoms with van der Waals surface area (Å²) < 4.78 is 6.12. The summed E-state index contributed by atoms with van der Waals surface area (Å²) in [5, 5.41) is 0. The molecule has 0 aliphatic heterocycles. The van der Waals surface area contributed by atoms with Crippen molar-refractivity contribution in [3.63, 3.8) is 0 Å². The Morgan fingerprint density at radius 1 is 1.58 bits per heavy atom. The summed E-state index contributed by atoms with van der Waals surface area (Å²) in [6.45, 7) is 1.50. The van der Waals surface area contributed by atoms with Crippen LogP contribution in [-0.4, -0.2) is 12.1 Å². The van der Waals surface area contributed by atoms with E-state index in [1.165, 1.54) is 19.8 Å². The van der Waals surface area contributed by atoms with Gasteiger partial charge < -0.3 is 0 Å². The van der Waals surface area contributed by atoms with Gasteiger partial charge in [0.2, 0.25) is 0 Å². The fourth-order valence-electron chi connectivity index (χ4n) is 1.72. The first-order valence-electron chi connectivity index (χ1n) is 4.45. The molecule has 4 heteroatoms. The minimum atomic E-state index is -0.742.